The third-order valence-electron chi connectivity index (χ3n) is 3.39. The van der Waals surface area contributed by atoms with E-state index in [4.69, 9.17) is 5.73 Å². The fourth-order valence-electron chi connectivity index (χ4n) is 2.36. The Kier molecular flexibility index (Phi) is 4.81. The van der Waals surface area contributed by atoms with Gasteiger partial charge in [-0.25, -0.2) is 8.42 Å². The number of hydrogen-bond acceptors (Lipinski definition) is 3. The molecular formula is C15H20N2O2S. The van der Waals surface area contributed by atoms with Crippen LogP contribution in [0.3, 0.4) is 0 Å². The molecule has 0 spiro atoms. The van der Waals surface area contributed by atoms with Crippen molar-refractivity contribution in [1.29, 1.82) is 0 Å². The minimum Gasteiger partial charge on any atom is -0.320 e. The lowest BCUT2D eigenvalue weighted by molar-refractivity contribution is 0.346. The topological polar surface area (TPSA) is 63.4 Å². The van der Waals surface area contributed by atoms with Crippen molar-refractivity contribution in [2.24, 2.45) is 5.73 Å². The van der Waals surface area contributed by atoms with Crippen LogP contribution in [0.2, 0.25) is 0 Å². The number of nitrogens with two attached hydrogens (primary N) is 1. The standard InChI is InChI=1S/C15H20N2O2S/c1-13-7-8-15(14(12-13)6-5-9-16)20(18,19)17-10-3-2-4-11-17/h7-8,12H,2-4,9-11,16H2,1H3. The van der Waals surface area contributed by atoms with Crippen molar-refractivity contribution in [2.75, 3.05) is 19.6 Å². The Hall–Kier alpha value is -1.35. The molecule has 0 bridgehead atoms. The van der Waals surface area contributed by atoms with Crippen LogP contribution in [0, 0.1) is 18.8 Å². The van der Waals surface area contributed by atoms with Gasteiger partial charge in [-0.15, -0.1) is 0 Å². The molecule has 0 aromatic heterocycles. The maximum Gasteiger partial charge on any atom is 0.244 e. The highest BCUT2D eigenvalue weighted by atomic mass is 32.2. The van der Waals surface area contributed by atoms with Crippen molar-refractivity contribution in [3.63, 3.8) is 0 Å². The Morgan fingerprint density at radius 1 is 1.25 bits per heavy atom. The van der Waals surface area contributed by atoms with Gasteiger partial charge in [-0.05, 0) is 37.5 Å². The Labute approximate surface area is 121 Å². The summed E-state index contributed by atoms with van der Waals surface area (Å²) in [4.78, 5) is 0.297. The molecule has 0 amide bonds. The zero-order valence-electron chi connectivity index (χ0n) is 11.7. The molecule has 20 heavy (non-hydrogen) atoms. The number of piperidine rings is 1. The molecule has 2 N–H and O–H groups in total. The summed E-state index contributed by atoms with van der Waals surface area (Å²) in [5, 5.41) is 0. The molecule has 5 heteroatoms. The normalized spacial score (nSPS) is 16.5. The smallest absolute Gasteiger partial charge is 0.244 e. The van der Waals surface area contributed by atoms with Gasteiger partial charge in [0.2, 0.25) is 10.0 Å². The van der Waals surface area contributed by atoms with Crippen molar-refractivity contribution in [1.82, 2.24) is 4.31 Å². The van der Waals surface area contributed by atoms with Crippen LogP contribution in [0.25, 0.3) is 0 Å². The van der Waals surface area contributed by atoms with Crippen LogP contribution in [-0.2, 0) is 10.0 Å². The zero-order valence-corrected chi connectivity index (χ0v) is 12.5. The third kappa shape index (κ3) is 3.21. The molecule has 1 aliphatic heterocycles. The summed E-state index contributed by atoms with van der Waals surface area (Å²) in [7, 11) is -3.45. The summed E-state index contributed by atoms with van der Waals surface area (Å²) < 4.78 is 27.0. The van der Waals surface area contributed by atoms with Crippen molar-refractivity contribution in [3.8, 4) is 11.8 Å². The van der Waals surface area contributed by atoms with E-state index in [0.29, 0.717) is 23.5 Å². The van der Waals surface area contributed by atoms with E-state index >= 15 is 0 Å². The van der Waals surface area contributed by atoms with Crippen LogP contribution in [0.15, 0.2) is 23.1 Å². The number of hydrogen-bond donors (Lipinski definition) is 1. The molecule has 4 nitrogen and oxygen atoms in total. The first-order valence-corrected chi connectivity index (χ1v) is 8.29. The van der Waals surface area contributed by atoms with E-state index in [9.17, 15) is 8.42 Å². The molecule has 1 aliphatic rings. The van der Waals surface area contributed by atoms with Gasteiger partial charge in [0.25, 0.3) is 0 Å². The van der Waals surface area contributed by atoms with E-state index in [1.807, 2.05) is 13.0 Å². The second-order valence-electron chi connectivity index (χ2n) is 4.97. The van der Waals surface area contributed by atoms with Gasteiger partial charge >= 0.3 is 0 Å². The quantitative estimate of drug-likeness (QED) is 0.840. The SMILES string of the molecule is Cc1ccc(S(=O)(=O)N2CCCCC2)c(C#CCN)c1. The summed E-state index contributed by atoms with van der Waals surface area (Å²) in [5.74, 6) is 5.62. The number of aryl methyl sites for hydroxylation is 1. The fourth-order valence-corrected chi connectivity index (χ4v) is 4.00. The summed E-state index contributed by atoms with van der Waals surface area (Å²) in [5.41, 5.74) is 6.92. The maximum atomic E-state index is 12.7. The lowest BCUT2D eigenvalue weighted by atomic mass is 10.1. The first-order valence-electron chi connectivity index (χ1n) is 6.85. The molecule has 0 aliphatic carbocycles. The highest BCUT2D eigenvalue weighted by Gasteiger charge is 2.27. The minimum atomic E-state index is -3.45. The summed E-state index contributed by atoms with van der Waals surface area (Å²) >= 11 is 0. The van der Waals surface area contributed by atoms with E-state index in [-0.39, 0.29) is 6.54 Å². The van der Waals surface area contributed by atoms with E-state index in [1.165, 1.54) is 0 Å². The second-order valence-corrected chi connectivity index (χ2v) is 6.88. The molecule has 2 rings (SSSR count). The van der Waals surface area contributed by atoms with Gasteiger partial charge in [-0.2, -0.15) is 4.31 Å². The fraction of sp³-hybridized carbons (Fsp3) is 0.467. The molecule has 0 saturated carbocycles. The third-order valence-corrected chi connectivity index (χ3v) is 5.35. The molecule has 1 saturated heterocycles. The van der Waals surface area contributed by atoms with Gasteiger partial charge in [0.15, 0.2) is 0 Å². The Morgan fingerprint density at radius 2 is 1.95 bits per heavy atom. The summed E-state index contributed by atoms with van der Waals surface area (Å²) in [6.07, 6.45) is 2.95. The molecule has 0 unspecified atom stereocenters. The largest absolute Gasteiger partial charge is 0.320 e. The van der Waals surface area contributed by atoms with Crippen LogP contribution in [0.1, 0.15) is 30.4 Å². The van der Waals surface area contributed by atoms with Gasteiger partial charge in [0.1, 0.15) is 0 Å². The molecular weight excluding hydrogens is 272 g/mol. The number of benzene rings is 1. The van der Waals surface area contributed by atoms with Gasteiger partial charge in [-0.1, -0.05) is 24.3 Å². The van der Waals surface area contributed by atoms with Crippen molar-refractivity contribution in [2.45, 2.75) is 31.1 Å². The van der Waals surface area contributed by atoms with Crippen LogP contribution >= 0.6 is 0 Å². The zero-order chi connectivity index (χ0) is 14.6. The lowest BCUT2D eigenvalue weighted by Crippen LogP contribution is -2.36. The second kappa shape index (κ2) is 6.40. The van der Waals surface area contributed by atoms with Crippen LogP contribution in [-0.4, -0.2) is 32.4 Å². The first kappa shape index (κ1) is 15.0. The van der Waals surface area contributed by atoms with E-state index < -0.39 is 10.0 Å². The molecule has 0 atom stereocenters. The van der Waals surface area contributed by atoms with Crippen molar-refractivity contribution < 1.29 is 8.42 Å². The van der Waals surface area contributed by atoms with Gasteiger partial charge in [0.05, 0.1) is 11.4 Å². The first-order chi connectivity index (χ1) is 9.55. The van der Waals surface area contributed by atoms with E-state index in [0.717, 1.165) is 24.8 Å². The van der Waals surface area contributed by atoms with Crippen molar-refractivity contribution >= 4 is 10.0 Å². The van der Waals surface area contributed by atoms with Gasteiger partial charge in [-0.3, -0.25) is 0 Å². The average Bonchev–Trinajstić information content (AvgIpc) is 2.46. The summed E-state index contributed by atoms with van der Waals surface area (Å²) in [6, 6.07) is 5.27. The Balaban J connectivity index is 2.45. The lowest BCUT2D eigenvalue weighted by Gasteiger charge is -2.26. The van der Waals surface area contributed by atoms with Gasteiger partial charge < -0.3 is 5.73 Å². The Bertz CT molecular complexity index is 636. The highest BCUT2D eigenvalue weighted by Crippen LogP contribution is 2.24. The number of sulfonamides is 1. The molecule has 1 heterocycles. The molecule has 108 valence electrons. The molecule has 1 aromatic carbocycles. The molecule has 0 radical (unpaired) electrons. The predicted octanol–water partition coefficient (Wildman–Crippen LogP) is 1.48. The average molecular weight is 292 g/mol. The van der Waals surface area contributed by atoms with Crippen molar-refractivity contribution in [3.05, 3.63) is 29.3 Å². The predicted molar refractivity (Wildman–Crippen MR) is 79.7 cm³/mol. The minimum absolute atomic E-state index is 0.219. The van der Waals surface area contributed by atoms with Crippen LogP contribution in [0.4, 0.5) is 0 Å². The Morgan fingerprint density at radius 3 is 2.60 bits per heavy atom. The molecule has 1 aromatic rings. The van der Waals surface area contributed by atoms with Crippen LogP contribution in [0.5, 0.6) is 0 Å². The van der Waals surface area contributed by atoms with Crippen LogP contribution < -0.4 is 5.73 Å². The summed E-state index contributed by atoms with van der Waals surface area (Å²) in [6.45, 7) is 3.34. The maximum absolute atomic E-state index is 12.7. The number of rotatable bonds is 2. The van der Waals surface area contributed by atoms with E-state index in [1.54, 1.807) is 16.4 Å². The monoisotopic (exact) mass is 292 g/mol. The molecule has 1 fully saturated rings. The highest BCUT2D eigenvalue weighted by molar-refractivity contribution is 7.89. The van der Waals surface area contributed by atoms with Gasteiger partial charge in [0, 0.05) is 18.7 Å². The number of nitrogens with zero attached hydrogens (tertiary/aromatic N) is 1. The van der Waals surface area contributed by atoms with E-state index in [2.05, 4.69) is 11.8 Å².